The summed E-state index contributed by atoms with van der Waals surface area (Å²) >= 11 is 7.57. The van der Waals surface area contributed by atoms with Crippen LogP contribution in [0.3, 0.4) is 0 Å². The summed E-state index contributed by atoms with van der Waals surface area (Å²) in [7, 11) is 0. The van der Waals surface area contributed by atoms with Crippen LogP contribution >= 0.6 is 23.4 Å². The third-order valence-electron chi connectivity index (χ3n) is 3.17. The van der Waals surface area contributed by atoms with Crippen molar-refractivity contribution in [1.82, 2.24) is 10.2 Å². The number of halogens is 1. The van der Waals surface area contributed by atoms with Gasteiger partial charge in [0.2, 0.25) is 11.8 Å². The molecule has 24 heavy (non-hydrogen) atoms. The molecule has 0 saturated heterocycles. The summed E-state index contributed by atoms with van der Waals surface area (Å²) < 4.78 is 5.66. The largest absolute Gasteiger partial charge is 0.411 e. The number of hydrogen-bond acceptors (Lipinski definition) is 5. The molecule has 0 fully saturated rings. The first-order valence-corrected chi connectivity index (χ1v) is 8.56. The van der Waals surface area contributed by atoms with E-state index in [0.29, 0.717) is 16.9 Å². The molecular formula is C17H14ClN3O2S. The average molecular weight is 360 g/mol. The Balaban J connectivity index is 1.67. The summed E-state index contributed by atoms with van der Waals surface area (Å²) in [5, 5.41) is 12.0. The summed E-state index contributed by atoms with van der Waals surface area (Å²) in [5.74, 6) is 0.979. The maximum Gasteiger partial charge on any atom is 0.277 e. The van der Waals surface area contributed by atoms with Gasteiger partial charge in [-0.1, -0.05) is 41.6 Å². The van der Waals surface area contributed by atoms with E-state index in [1.165, 1.54) is 18.7 Å². The maximum atomic E-state index is 11.0. The standard InChI is InChI=1S/C17H14ClN3O2S/c1-11(22)19-14-8-6-12(7-9-14)16-20-21-17(23-16)24-10-13-4-2-3-5-15(13)18/h2-9H,10H2,1H3,(H,19,22). The second-order valence-corrected chi connectivity index (χ2v) is 6.35. The molecule has 0 radical (unpaired) electrons. The van der Waals surface area contributed by atoms with Crippen LogP contribution in [-0.2, 0) is 10.5 Å². The number of amides is 1. The molecule has 2 aromatic carbocycles. The number of nitrogens with zero attached hydrogens (tertiary/aromatic N) is 2. The monoisotopic (exact) mass is 359 g/mol. The molecule has 1 heterocycles. The second kappa shape index (κ2) is 7.51. The second-order valence-electron chi connectivity index (χ2n) is 5.01. The van der Waals surface area contributed by atoms with Gasteiger partial charge in [-0.25, -0.2) is 0 Å². The van der Waals surface area contributed by atoms with Gasteiger partial charge in [-0.2, -0.15) is 0 Å². The van der Waals surface area contributed by atoms with E-state index in [0.717, 1.165) is 21.8 Å². The third kappa shape index (κ3) is 4.15. The predicted molar refractivity (Wildman–Crippen MR) is 95.1 cm³/mol. The molecule has 3 rings (SSSR count). The lowest BCUT2D eigenvalue weighted by molar-refractivity contribution is -0.114. The molecule has 5 nitrogen and oxygen atoms in total. The van der Waals surface area contributed by atoms with Crippen molar-refractivity contribution in [3.63, 3.8) is 0 Å². The molecule has 0 atom stereocenters. The number of benzene rings is 2. The highest BCUT2D eigenvalue weighted by Gasteiger charge is 2.10. The molecule has 0 saturated carbocycles. The lowest BCUT2D eigenvalue weighted by Gasteiger charge is -2.02. The van der Waals surface area contributed by atoms with Crippen molar-refractivity contribution in [2.75, 3.05) is 5.32 Å². The van der Waals surface area contributed by atoms with Crippen LogP contribution in [0.25, 0.3) is 11.5 Å². The van der Waals surface area contributed by atoms with Crippen LogP contribution in [0.5, 0.6) is 0 Å². The molecule has 0 bridgehead atoms. The van der Waals surface area contributed by atoms with Crippen LogP contribution in [0.4, 0.5) is 5.69 Å². The molecular weight excluding hydrogens is 346 g/mol. The Bertz CT molecular complexity index is 849. The fraction of sp³-hybridized carbons (Fsp3) is 0.118. The van der Waals surface area contributed by atoms with Crippen LogP contribution in [-0.4, -0.2) is 16.1 Å². The fourth-order valence-corrected chi connectivity index (χ4v) is 3.09. The molecule has 0 aliphatic carbocycles. The minimum atomic E-state index is -0.112. The molecule has 0 aliphatic heterocycles. The minimum Gasteiger partial charge on any atom is -0.411 e. The first-order chi connectivity index (χ1) is 11.6. The van der Waals surface area contributed by atoms with Crippen molar-refractivity contribution in [3.8, 4) is 11.5 Å². The number of carbonyl (C=O) groups is 1. The van der Waals surface area contributed by atoms with Gasteiger partial charge in [0.15, 0.2) is 0 Å². The van der Waals surface area contributed by atoms with E-state index in [9.17, 15) is 4.79 Å². The van der Waals surface area contributed by atoms with Gasteiger partial charge < -0.3 is 9.73 Å². The SMILES string of the molecule is CC(=O)Nc1ccc(-c2nnc(SCc3ccccc3Cl)o2)cc1. The zero-order valence-corrected chi connectivity index (χ0v) is 14.4. The van der Waals surface area contributed by atoms with Crippen LogP contribution in [0.1, 0.15) is 12.5 Å². The lowest BCUT2D eigenvalue weighted by atomic mass is 10.2. The van der Waals surface area contributed by atoms with E-state index in [-0.39, 0.29) is 5.91 Å². The zero-order chi connectivity index (χ0) is 16.9. The Morgan fingerprint density at radius 3 is 2.62 bits per heavy atom. The van der Waals surface area contributed by atoms with Gasteiger partial charge in [0, 0.05) is 29.0 Å². The van der Waals surface area contributed by atoms with Crippen LogP contribution in [0.2, 0.25) is 5.02 Å². The Kier molecular flexibility index (Phi) is 5.17. The molecule has 0 spiro atoms. The van der Waals surface area contributed by atoms with Crippen LogP contribution in [0.15, 0.2) is 58.2 Å². The molecule has 122 valence electrons. The number of rotatable bonds is 5. The van der Waals surface area contributed by atoms with Crippen molar-refractivity contribution in [2.24, 2.45) is 0 Å². The van der Waals surface area contributed by atoms with Crippen molar-refractivity contribution < 1.29 is 9.21 Å². The van der Waals surface area contributed by atoms with Crippen molar-refractivity contribution in [3.05, 3.63) is 59.1 Å². The molecule has 0 aliphatic rings. The van der Waals surface area contributed by atoms with E-state index in [1.54, 1.807) is 12.1 Å². The Hall–Kier alpha value is -2.31. The molecule has 0 unspecified atom stereocenters. The van der Waals surface area contributed by atoms with E-state index < -0.39 is 0 Å². The number of aromatic nitrogens is 2. The van der Waals surface area contributed by atoms with Gasteiger partial charge in [0.1, 0.15) is 0 Å². The third-order valence-corrected chi connectivity index (χ3v) is 4.40. The van der Waals surface area contributed by atoms with E-state index in [1.807, 2.05) is 36.4 Å². The summed E-state index contributed by atoms with van der Waals surface area (Å²) in [6.45, 7) is 1.47. The van der Waals surface area contributed by atoms with Gasteiger partial charge in [-0.3, -0.25) is 4.79 Å². The first kappa shape index (κ1) is 16.5. The van der Waals surface area contributed by atoms with Gasteiger partial charge in [0.05, 0.1) is 0 Å². The van der Waals surface area contributed by atoms with Gasteiger partial charge in [0.25, 0.3) is 5.22 Å². The molecule has 3 aromatic rings. The molecule has 1 N–H and O–H groups in total. The summed E-state index contributed by atoms with van der Waals surface area (Å²) in [6, 6.07) is 14.9. The van der Waals surface area contributed by atoms with Crippen molar-refractivity contribution >= 4 is 35.0 Å². The molecule has 1 aromatic heterocycles. The number of hydrogen-bond donors (Lipinski definition) is 1. The van der Waals surface area contributed by atoms with Gasteiger partial charge in [-0.05, 0) is 35.9 Å². The van der Waals surface area contributed by atoms with E-state index in [2.05, 4.69) is 15.5 Å². The van der Waals surface area contributed by atoms with Gasteiger partial charge in [-0.15, -0.1) is 10.2 Å². The van der Waals surface area contributed by atoms with Crippen LogP contribution < -0.4 is 5.32 Å². The Morgan fingerprint density at radius 1 is 1.17 bits per heavy atom. The van der Waals surface area contributed by atoms with Crippen molar-refractivity contribution in [1.29, 1.82) is 0 Å². The molecule has 7 heteroatoms. The maximum absolute atomic E-state index is 11.0. The zero-order valence-electron chi connectivity index (χ0n) is 12.8. The number of thioether (sulfide) groups is 1. The summed E-state index contributed by atoms with van der Waals surface area (Å²) in [4.78, 5) is 11.0. The van der Waals surface area contributed by atoms with Crippen LogP contribution in [0, 0.1) is 0 Å². The smallest absolute Gasteiger partial charge is 0.277 e. The quantitative estimate of drug-likeness (QED) is 0.672. The highest BCUT2D eigenvalue weighted by atomic mass is 35.5. The number of anilines is 1. The molecule has 1 amide bonds. The highest BCUT2D eigenvalue weighted by Crippen LogP contribution is 2.28. The van der Waals surface area contributed by atoms with E-state index >= 15 is 0 Å². The fourth-order valence-electron chi connectivity index (χ4n) is 2.04. The number of carbonyl (C=O) groups excluding carboxylic acids is 1. The van der Waals surface area contributed by atoms with Crippen molar-refractivity contribution in [2.45, 2.75) is 17.9 Å². The topological polar surface area (TPSA) is 68.0 Å². The first-order valence-electron chi connectivity index (χ1n) is 7.19. The minimum absolute atomic E-state index is 0.112. The van der Waals surface area contributed by atoms with E-state index in [4.69, 9.17) is 16.0 Å². The summed E-state index contributed by atoms with van der Waals surface area (Å²) in [5.41, 5.74) is 2.53. The highest BCUT2D eigenvalue weighted by molar-refractivity contribution is 7.98. The Morgan fingerprint density at radius 2 is 1.92 bits per heavy atom. The Labute approximate surface area is 148 Å². The predicted octanol–water partition coefficient (Wildman–Crippen LogP) is 4.64. The normalized spacial score (nSPS) is 10.6. The lowest BCUT2D eigenvalue weighted by Crippen LogP contribution is -2.05. The van der Waals surface area contributed by atoms with Gasteiger partial charge >= 0.3 is 0 Å². The summed E-state index contributed by atoms with van der Waals surface area (Å²) in [6.07, 6.45) is 0. The number of nitrogens with one attached hydrogen (secondary N) is 1. The average Bonchev–Trinajstić information content (AvgIpc) is 3.03.